The van der Waals surface area contributed by atoms with Gasteiger partial charge in [-0.2, -0.15) is 0 Å². The molecule has 0 N–H and O–H groups in total. The molecule has 59 heavy (non-hydrogen) atoms. The molecule has 0 aromatic rings. The largest absolute Gasteiger partial charge is 0.462 e. The van der Waals surface area contributed by atoms with Crippen LogP contribution in [0.4, 0.5) is 0 Å². The van der Waals surface area contributed by atoms with E-state index in [1.54, 1.807) is 0 Å². The van der Waals surface area contributed by atoms with Crippen molar-refractivity contribution in [2.24, 2.45) is 11.8 Å². The Kier molecular flexibility index (Phi) is 44.7. The Hall–Kier alpha value is -1.59. The molecule has 6 nitrogen and oxygen atoms in total. The highest BCUT2D eigenvalue weighted by atomic mass is 16.6. The quantitative estimate of drug-likeness (QED) is 0.0345. The van der Waals surface area contributed by atoms with Crippen molar-refractivity contribution >= 4 is 17.9 Å². The van der Waals surface area contributed by atoms with E-state index in [1.165, 1.54) is 180 Å². The predicted molar refractivity (Wildman–Crippen MR) is 252 cm³/mol. The zero-order chi connectivity index (χ0) is 43.3. The summed E-state index contributed by atoms with van der Waals surface area (Å²) < 4.78 is 16.8. The smallest absolute Gasteiger partial charge is 0.306 e. The predicted octanol–water partition coefficient (Wildman–Crippen LogP) is 16.9. The van der Waals surface area contributed by atoms with E-state index in [0.717, 1.165) is 69.6 Å². The number of hydrogen-bond acceptors (Lipinski definition) is 6. The number of unbranched alkanes of at least 4 members (excludes halogenated alkanes) is 32. The average molecular weight is 835 g/mol. The van der Waals surface area contributed by atoms with Gasteiger partial charge >= 0.3 is 17.9 Å². The monoisotopic (exact) mass is 835 g/mol. The van der Waals surface area contributed by atoms with Crippen LogP contribution in [-0.4, -0.2) is 37.2 Å². The molecule has 0 aliphatic rings. The molecule has 0 radical (unpaired) electrons. The Morgan fingerprint density at radius 2 is 0.559 bits per heavy atom. The van der Waals surface area contributed by atoms with Crippen LogP contribution in [0, 0.1) is 11.8 Å². The lowest BCUT2D eigenvalue weighted by Crippen LogP contribution is -2.30. The highest BCUT2D eigenvalue weighted by Crippen LogP contribution is 2.17. The van der Waals surface area contributed by atoms with Gasteiger partial charge in [0.25, 0.3) is 0 Å². The van der Waals surface area contributed by atoms with Crippen LogP contribution in [0.2, 0.25) is 0 Å². The van der Waals surface area contributed by atoms with Gasteiger partial charge in [0, 0.05) is 19.3 Å². The van der Waals surface area contributed by atoms with Crippen molar-refractivity contribution in [1.29, 1.82) is 0 Å². The minimum atomic E-state index is -0.761. The lowest BCUT2D eigenvalue weighted by Gasteiger charge is -2.18. The van der Waals surface area contributed by atoms with Crippen LogP contribution in [0.25, 0.3) is 0 Å². The van der Waals surface area contributed by atoms with Crippen molar-refractivity contribution in [3.63, 3.8) is 0 Å². The number of carbonyl (C=O) groups excluding carboxylic acids is 3. The molecule has 350 valence electrons. The van der Waals surface area contributed by atoms with Crippen molar-refractivity contribution in [3.8, 4) is 0 Å². The molecule has 1 atom stereocenters. The summed E-state index contributed by atoms with van der Waals surface area (Å²) in [6.07, 6.45) is 46.7. The number of rotatable bonds is 47. The Morgan fingerprint density at radius 1 is 0.322 bits per heavy atom. The third-order valence-corrected chi connectivity index (χ3v) is 12.0. The van der Waals surface area contributed by atoms with E-state index in [1.807, 2.05) is 0 Å². The van der Waals surface area contributed by atoms with E-state index >= 15 is 0 Å². The molecule has 0 bridgehead atoms. The molecule has 0 heterocycles. The molecule has 0 rings (SSSR count). The first-order valence-electron chi connectivity index (χ1n) is 26.2. The SMILES string of the molecule is CCCCCCCCCCCCCC(=O)O[C@@H](COC(=O)CCCCCCCCCCCCCCCCCCC(C)C)COC(=O)CCCCCCCCCCC(C)C. The maximum absolute atomic E-state index is 12.7. The second kappa shape index (κ2) is 45.9. The highest BCUT2D eigenvalue weighted by Gasteiger charge is 2.19. The van der Waals surface area contributed by atoms with Gasteiger partial charge in [-0.3, -0.25) is 14.4 Å². The van der Waals surface area contributed by atoms with Gasteiger partial charge in [-0.25, -0.2) is 0 Å². The van der Waals surface area contributed by atoms with Crippen molar-refractivity contribution in [2.75, 3.05) is 13.2 Å². The fourth-order valence-electron chi connectivity index (χ4n) is 7.99. The number of carbonyl (C=O) groups is 3. The zero-order valence-corrected chi connectivity index (χ0v) is 40.4. The minimum absolute atomic E-state index is 0.0638. The molecule has 6 heteroatoms. The molecule has 0 aromatic heterocycles. The van der Waals surface area contributed by atoms with Crippen molar-refractivity contribution in [2.45, 2.75) is 298 Å². The van der Waals surface area contributed by atoms with Crippen LogP contribution in [0.15, 0.2) is 0 Å². The second-order valence-corrected chi connectivity index (χ2v) is 19.1. The van der Waals surface area contributed by atoms with Crippen LogP contribution in [0.1, 0.15) is 291 Å². The highest BCUT2D eigenvalue weighted by molar-refractivity contribution is 5.71. The molecule has 0 amide bonds. The Balaban J connectivity index is 4.23. The van der Waals surface area contributed by atoms with Gasteiger partial charge in [0.2, 0.25) is 0 Å². The summed E-state index contributed by atoms with van der Waals surface area (Å²) in [5, 5.41) is 0. The van der Waals surface area contributed by atoms with E-state index in [-0.39, 0.29) is 31.1 Å². The van der Waals surface area contributed by atoms with Crippen LogP contribution in [0.3, 0.4) is 0 Å². The Morgan fingerprint density at radius 3 is 0.831 bits per heavy atom. The van der Waals surface area contributed by atoms with Crippen molar-refractivity contribution in [3.05, 3.63) is 0 Å². The van der Waals surface area contributed by atoms with Crippen LogP contribution >= 0.6 is 0 Å². The van der Waals surface area contributed by atoms with Gasteiger partial charge in [0.05, 0.1) is 0 Å². The summed E-state index contributed by atoms with van der Waals surface area (Å²) in [6.45, 7) is 11.4. The second-order valence-electron chi connectivity index (χ2n) is 19.1. The fraction of sp³-hybridized carbons (Fsp3) is 0.943. The first kappa shape index (κ1) is 57.4. The normalized spacial score (nSPS) is 12.1. The Bertz CT molecular complexity index is 900. The molecule has 0 aliphatic carbocycles. The molecule has 0 aliphatic heterocycles. The maximum atomic E-state index is 12.7. The lowest BCUT2D eigenvalue weighted by atomic mass is 10.0. The summed E-state index contributed by atoms with van der Waals surface area (Å²) in [4.78, 5) is 37.9. The summed E-state index contributed by atoms with van der Waals surface area (Å²) in [7, 11) is 0. The van der Waals surface area contributed by atoms with Gasteiger partial charge < -0.3 is 14.2 Å². The molecule has 0 aromatic carbocycles. The van der Waals surface area contributed by atoms with E-state index in [2.05, 4.69) is 34.6 Å². The van der Waals surface area contributed by atoms with Crippen LogP contribution < -0.4 is 0 Å². The van der Waals surface area contributed by atoms with Crippen LogP contribution in [0.5, 0.6) is 0 Å². The first-order chi connectivity index (χ1) is 28.7. The van der Waals surface area contributed by atoms with Gasteiger partial charge in [-0.15, -0.1) is 0 Å². The standard InChI is InChI=1S/C53H102O6/c1-6-7-8-9-10-11-18-23-30-35-40-45-53(56)59-50(47-58-52(55)44-39-34-29-25-24-27-32-37-42-49(4)5)46-57-51(54)43-38-33-28-22-20-17-15-13-12-14-16-19-21-26-31-36-41-48(2)3/h48-50H,6-47H2,1-5H3/t50-/m0/s1. The summed E-state index contributed by atoms with van der Waals surface area (Å²) in [6, 6.07) is 0. The van der Waals surface area contributed by atoms with E-state index in [0.29, 0.717) is 19.3 Å². The van der Waals surface area contributed by atoms with Crippen LogP contribution in [-0.2, 0) is 28.6 Å². The summed E-state index contributed by atoms with van der Waals surface area (Å²) in [5.74, 6) is 0.800. The van der Waals surface area contributed by atoms with Gasteiger partial charge in [-0.05, 0) is 31.1 Å². The molecular formula is C53H102O6. The lowest BCUT2D eigenvalue weighted by molar-refractivity contribution is -0.167. The van der Waals surface area contributed by atoms with E-state index < -0.39 is 6.10 Å². The summed E-state index contributed by atoms with van der Waals surface area (Å²) in [5.41, 5.74) is 0. The molecule has 0 spiro atoms. The zero-order valence-electron chi connectivity index (χ0n) is 40.4. The molecular weight excluding hydrogens is 733 g/mol. The number of hydrogen-bond donors (Lipinski definition) is 0. The topological polar surface area (TPSA) is 78.9 Å². The first-order valence-corrected chi connectivity index (χ1v) is 26.2. The maximum Gasteiger partial charge on any atom is 0.306 e. The van der Waals surface area contributed by atoms with Crippen molar-refractivity contribution < 1.29 is 28.6 Å². The minimum Gasteiger partial charge on any atom is -0.462 e. The third kappa shape index (κ3) is 47.3. The van der Waals surface area contributed by atoms with Gasteiger partial charge in [0.1, 0.15) is 13.2 Å². The van der Waals surface area contributed by atoms with Crippen molar-refractivity contribution in [1.82, 2.24) is 0 Å². The number of ether oxygens (including phenoxy) is 3. The summed E-state index contributed by atoms with van der Waals surface area (Å²) >= 11 is 0. The average Bonchev–Trinajstić information content (AvgIpc) is 3.20. The van der Waals surface area contributed by atoms with Gasteiger partial charge in [-0.1, -0.05) is 253 Å². The Labute approximate surface area is 368 Å². The third-order valence-electron chi connectivity index (χ3n) is 12.0. The molecule has 0 unspecified atom stereocenters. The number of esters is 3. The van der Waals surface area contributed by atoms with E-state index in [9.17, 15) is 14.4 Å². The van der Waals surface area contributed by atoms with Gasteiger partial charge in [0.15, 0.2) is 6.10 Å². The molecule has 0 fully saturated rings. The fourth-order valence-corrected chi connectivity index (χ4v) is 7.99. The van der Waals surface area contributed by atoms with E-state index in [4.69, 9.17) is 14.2 Å². The molecule has 0 saturated carbocycles. The molecule has 0 saturated heterocycles.